The zero-order valence-corrected chi connectivity index (χ0v) is 25.7. The molecule has 41 heavy (non-hydrogen) atoms. The molecule has 1 aromatic rings. The second-order valence-electron chi connectivity index (χ2n) is 12.4. The number of nitrogen functional groups attached to an aromatic ring is 1. The molecule has 0 radical (unpaired) electrons. The molecule has 13 heteroatoms. The lowest BCUT2D eigenvalue weighted by Crippen LogP contribution is -2.34. The second-order valence-corrected chi connectivity index (χ2v) is 14.1. The molecule has 4 rings (SSSR count). The third kappa shape index (κ3) is 12.3. The molecule has 1 aliphatic heterocycles. The van der Waals surface area contributed by atoms with Gasteiger partial charge in [-0.05, 0) is 102 Å². The van der Waals surface area contributed by atoms with E-state index >= 15 is 0 Å². The topological polar surface area (TPSA) is 165 Å². The van der Waals surface area contributed by atoms with Crippen molar-refractivity contribution in [3.8, 4) is 0 Å². The number of nitrogens with two attached hydrogens (primary N) is 1. The Morgan fingerprint density at radius 1 is 0.829 bits per heavy atom. The van der Waals surface area contributed by atoms with Crippen LogP contribution in [-0.2, 0) is 4.57 Å². The fraction of sp³-hybridized carbons (Fsp3) is 0.893. The molecule has 2 heterocycles. The highest BCUT2D eigenvalue weighted by molar-refractivity contribution is 7.51. The molecular formula is C28H54N9O3P. The van der Waals surface area contributed by atoms with Crippen LogP contribution in [-0.4, -0.2) is 101 Å². The van der Waals surface area contributed by atoms with Crippen molar-refractivity contribution in [2.24, 2.45) is 11.8 Å². The van der Waals surface area contributed by atoms with Gasteiger partial charge in [-0.25, -0.2) is 0 Å². The number of aromatic nitrogens is 3. The lowest BCUT2D eigenvalue weighted by Gasteiger charge is -2.29. The average Bonchev–Trinajstić information content (AvgIpc) is 3.20. The van der Waals surface area contributed by atoms with Crippen molar-refractivity contribution in [3.05, 3.63) is 0 Å². The molecule has 2 saturated carbocycles. The first-order valence-corrected chi connectivity index (χ1v) is 17.9. The highest BCUT2D eigenvalue weighted by Gasteiger charge is 2.23. The summed E-state index contributed by atoms with van der Waals surface area (Å²) in [7, 11) is -3.94. The molecular weight excluding hydrogens is 541 g/mol. The van der Waals surface area contributed by atoms with Crippen molar-refractivity contribution < 1.29 is 14.4 Å². The van der Waals surface area contributed by atoms with Crippen LogP contribution >= 0.6 is 7.60 Å². The molecule has 0 atom stereocenters. The van der Waals surface area contributed by atoms with Gasteiger partial charge in [-0.3, -0.25) is 4.57 Å². The summed E-state index contributed by atoms with van der Waals surface area (Å²) in [6.45, 7) is 8.15. The minimum atomic E-state index is -3.94. The van der Waals surface area contributed by atoms with E-state index in [-0.39, 0.29) is 12.1 Å². The van der Waals surface area contributed by atoms with Crippen LogP contribution in [0.4, 0.5) is 17.8 Å². The summed E-state index contributed by atoms with van der Waals surface area (Å²) in [5.41, 5.74) is 6.06. The van der Waals surface area contributed by atoms with Gasteiger partial charge >= 0.3 is 7.60 Å². The van der Waals surface area contributed by atoms with E-state index in [4.69, 9.17) is 15.5 Å². The summed E-state index contributed by atoms with van der Waals surface area (Å²) in [6, 6.07) is 0.759. The molecule has 3 fully saturated rings. The molecule has 2 aliphatic carbocycles. The van der Waals surface area contributed by atoms with Crippen LogP contribution in [0.1, 0.15) is 77.0 Å². The van der Waals surface area contributed by atoms with Crippen molar-refractivity contribution in [1.29, 1.82) is 0 Å². The summed E-state index contributed by atoms with van der Waals surface area (Å²) < 4.78 is 11.1. The van der Waals surface area contributed by atoms with Crippen LogP contribution in [0.3, 0.4) is 0 Å². The second kappa shape index (κ2) is 16.9. The maximum atomic E-state index is 11.1. The molecule has 0 aromatic carbocycles. The molecule has 0 amide bonds. The first kappa shape index (κ1) is 32.4. The van der Waals surface area contributed by atoms with E-state index in [2.05, 4.69) is 40.7 Å². The molecule has 7 N–H and O–H groups in total. The third-order valence-electron chi connectivity index (χ3n) is 8.95. The quantitative estimate of drug-likeness (QED) is 0.130. The van der Waals surface area contributed by atoms with E-state index in [1.165, 1.54) is 64.2 Å². The summed E-state index contributed by atoms with van der Waals surface area (Å²) in [4.78, 5) is 36.0. The van der Waals surface area contributed by atoms with Gasteiger partial charge in [0.2, 0.25) is 17.8 Å². The Balaban J connectivity index is 1.10. The maximum absolute atomic E-state index is 11.1. The summed E-state index contributed by atoms with van der Waals surface area (Å²) >= 11 is 0. The van der Waals surface area contributed by atoms with Crippen molar-refractivity contribution in [2.75, 3.05) is 81.0 Å². The van der Waals surface area contributed by atoms with Crippen LogP contribution in [0.25, 0.3) is 0 Å². The zero-order chi connectivity index (χ0) is 28.9. The van der Waals surface area contributed by atoms with Crippen LogP contribution in [0, 0.1) is 11.8 Å². The molecule has 3 aliphatic rings. The number of hydrogen-bond acceptors (Lipinski definition) is 10. The SMILES string of the molecule is Nc1nc(NCC2CCC(CNCCCNC3CCCCC3)CC2)nc(N2CCCN(CCCP(=O)(O)O)CC2)n1. The molecule has 0 spiro atoms. The minimum Gasteiger partial charge on any atom is -0.368 e. The Labute approximate surface area is 246 Å². The first-order chi connectivity index (χ1) is 19.8. The summed E-state index contributed by atoms with van der Waals surface area (Å²) in [5.74, 6) is 2.76. The van der Waals surface area contributed by atoms with E-state index in [0.717, 1.165) is 70.7 Å². The Morgan fingerprint density at radius 2 is 1.59 bits per heavy atom. The van der Waals surface area contributed by atoms with Crippen LogP contribution in [0.15, 0.2) is 0 Å². The molecule has 1 saturated heterocycles. The fourth-order valence-corrected chi connectivity index (χ4v) is 7.06. The lowest BCUT2D eigenvalue weighted by molar-refractivity contribution is 0.275. The predicted molar refractivity (Wildman–Crippen MR) is 165 cm³/mol. The third-order valence-corrected chi connectivity index (χ3v) is 9.85. The summed E-state index contributed by atoms with van der Waals surface area (Å²) in [5, 5.41) is 10.9. The fourth-order valence-electron chi connectivity index (χ4n) is 6.50. The van der Waals surface area contributed by atoms with Gasteiger partial charge in [0.15, 0.2) is 0 Å². The van der Waals surface area contributed by atoms with Gasteiger partial charge < -0.3 is 41.3 Å². The highest BCUT2D eigenvalue weighted by Crippen LogP contribution is 2.35. The number of nitrogens with one attached hydrogen (secondary N) is 3. The predicted octanol–water partition coefficient (Wildman–Crippen LogP) is 2.65. The Morgan fingerprint density at radius 3 is 2.34 bits per heavy atom. The standard InChI is InChI=1S/C28H54N9O3P/c29-26-33-27(35-28(34-26)37-17-5-15-36(18-19-37)16-6-20-41(38,39)40)32-22-24-11-9-23(10-12-24)21-30-13-4-14-31-25-7-2-1-3-8-25/h23-25,30-31H,1-22H2,(H2,38,39,40)(H3,29,32,33,34,35). The van der Waals surface area contributed by atoms with E-state index in [9.17, 15) is 4.57 Å². The normalized spacial score (nSPS) is 23.4. The van der Waals surface area contributed by atoms with Crippen molar-refractivity contribution in [2.45, 2.75) is 83.1 Å². The van der Waals surface area contributed by atoms with Gasteiger partial charge in [-0.15, -0.1) is 0 Å². The summed E-state index contributed by atoms with van der Waals surface area (Å²) in [6.07, 6.45) is 14.5. The van der Waals surface area contributed by atoms with Gasteiger partial charge in [0, 0.05) is 32.2 Å². The van der Waals surface area contributed by atoms with Crippen molar-refractivity contribution in [3.63, 3.8) is 0 Å². The number of nitrogens with zero attached hydrogens (tertiary/aromatic N) is 5. The van der Waals surface area contributed by atoms with Gasteiger partial charge in [-0.2, -0.15) is 15.0 Å². The number of anilines is 3. The Bertz CT molecular complexity index is 938. The van der Waals surface area contributed by atoms with Crippen molar-refractivity contribution >= 4 is 25.4 Å². The van der Waals surface area contributed by atoms with Gasteiger partial charge in [0.05, 0.1) is 6.16 Å². The van der Waals surface area contributed by atoms with Crippen LogP contribution < -0.4 is 26.6 Å². The molecule has 0 unspecified atom stereocenters. The van der Waals surface area contributed by atoms with Crippen LogP contribution in [0.5, 0.6) is 0 Å². The van der Waals surface area contributed by atoms with Crippen molar-refractivity contribution in [1.82, 2.24) is 30.5 Å². The molecule has 1 aromatic heterocycles. The van der Waals surface area contributed by atoms with Gasteiger partial charge in [0.1, 0.15) is 0 Å². The monoisotopic (exact) mass is 595 g/mol. The average molecular weight is 596 g/mol. The van der Waals surface area contributed by atoms with E-state index in [0.29, 0.717) is 30.8 Å². The maximum Gasteiger partial charge on any atom is 0.325 e. The molecule has 0 bridgehead atoms. The number of rotatable bonds is 15. The van der Waals surface area contributed by atoms with E-state index in [1.807, 2.05) is 0 Å². The Kier molecular flexibility index (Phi) is 13.3. The highest BCUT2D eigenvalue weighted by atomic mass is 31.2. The van der Waals surface area contributed by atoms with E-state index < -0.39 is 7.60 Å². The Hall–Kier alpha value is -1.56. The van der Waals surface area contributed by atoms with E-state index in [1.54, 1.807) is 0 Å². The van der Waals surface area contributed by atoms with Gasteiger partial charge in [0.25, 0.3) is 0 Å². The number of hydrogen-bond donors (Lipinski definition) is 6. The van der Waals surface area contributed by atoms with Gasteiger partial charge in [-0.1, -0.05) is 19.3 Å². The lowest BCUT2D eigenvalue weighted by atomic mass is 9.82. The molecule has 12 nitrogen and oxygen atoms in total. The molecule has 234 valence electrons. The van der Waals surface area contributed by atoms with Crippen LogP contribution in [0.2, 0.25) is 0 Å². The minimum absolute atomic E-state index is 0.0665. The first-order valence-electron chi connectivity index (χ1n) is 16.1. The smallest absolute Gasteiger partial charge is 0.325 e. The zero-order valence-electron chi connectivity index (χ0n) is 24.9. The largest absolute Gasteiger partial charge is 0.368 e.